The highest BCUT2D eigenvalue weighted by Gasteiger charge is 2.25. The van der Waals surface area contributed by atoms with E-state index in [9.17, 15) is 19.5 Å². The molecule has 0 aromatic rings. The number of nitrogens with zero attached hydrogens (tertiary/aromatic N) is 1. The lowest BCUT2D eigenvalue weighted by Gasteiger charge is -2.34. The van der Waals surface area contributed by atoms with Crippen molar-refractivity contribution in [1.29, 1.82) is 0 Å². The Bertz CT molecular complexity index is 1230. The molecule has 0 saturated carbocycles. The summed E-state index contributed by atoms with van der Waals surface area (Å²) in [4.78, 5) is 37.0. The number of carbonyl (C=O) groups excluding carboxylic acids is 3. The molecule has 2 atom stereocenters. The zero-order valence-corrected chi connectivity index (χ0v) is 39.8. The van der Waals surface area contributed by atoms with Crippen LogP contribution in [0.4, 0.5) is 0 Å². The molecular weight excluding hydrogens is 763 g/mol. The summed E-state index contributed by atoms with van der Waals surface area (Å²) in [7, 11) is 5.39. The van der Waals surface area contributed by atoms with E-state index in [1.165, 1.54) is 70.6 Å². The van der Waals surface area contributed by atoms with Crippen LogP contribution in [-0.4, -0.2) is 75.5 Å². The quantitative estimate of drug-likeness (QED) is 0.0260. The minimum atomic E-state index is -1.13. The van der Waals surface area contributed by atoms with Crippen LogP contribution >= 0.6 is 0 Å². The number of likely N-dealkylation sites (N-methyl/N-ethyl adjacent to an activating group) is 1. The number of unbranched alkanes of at least 4 members (excludes halogenated alkanes) is 17. The first kappa shape index (κ1) is 57.8. The molecule has 61 heavy (non-hydrogen) atoms. The Morgan fingerprint density at radius 3 is 1.39 bits per heavy atom. The van der Waals surface area contributed by atoms with E-state index in [0.29, 0.717) is 12.8 Å². The summed E-state index contributed by atoms with van der Waals surface area (Å²) in [6.07, 6.45) is 55.0. The lowest BCUT2D eigenvalue weighted by atomic mass is 10.1. The molecule has 350 valence electrons. The predicted molar refractivity (Wildman–Crippen MR) is 254 cm³/mol. The topological polar surface area (TPSA) is 102 Å². The number of esters is 2. The maximum atomic E-state index is 12.8. The van der Waals surface area contributed by atoms with Crippen molar-refractivity contribution >= 4 is 17.9 Å². The molecule has 0 saturated heterocycles. The molecule has 0 fully saturated rings. The molecule has 0 bridgehead atoms. The standard InChI is InChI=1S/C53H91NO7/c1-6-8-10-12-14-16-18-20-22-24-26-28-30-32-34-36-38-40-42-44-52(56)61-49(47-59-46-45-50(53(57)58)54(3,4)5)48-60-51(55)43-41-39-37-35-33-31-29-27-25-23-21-19-17-15-13-11-9-7-2/h8,10,14,16,20,22,26-29,32,34,49-50H,6-7,9,11-13,15,17-19,21,23-25,30-31,33,35-48H2,1-5H3/b10-8+,16-14+,22-20+,28-26+,29-27+,34-32+. The maximum Gasteiger partial charge on any atom is 0.306 e. The van der Waals surface area contributed by atoms with Gasteiger partial charge in [-0.3, -0.25) is 9.59 Å². The molecule has 0 rings (SSSR count). The average molecular weight is 854 g/mol. The zero-order valence-electron chi connectivity index (χ0n) is 39.8. The summed E-state index contributed by atoms with van der Waals surface area (Å²) in [5, 5.41) is 11.6. The minimum absolute atomic E-state index is 0.0215. The third-order valence-electron chi connectivity index (χ3n) is 10.6. The molecule has 0 aliphatic rings. The molecule has 0 aromatic heterocycles. The SMILES string of the molecule is CC/C=C/C/C=C/C/C=C/C/C=C/C/C=C/CCCCCC(=O)OC(COCCC(C(=O)[O-])[N+](C)(C)C)COC(=O)CCCCCCC/C=C/CCCCCCCCCCC. The van der Waals surface area contributed by atoms with E-state index in [1.807, 2.05) is 0 Å². The molecule has 0 aromatic carbocycles. The van der Waals surface area contributed by atoms with Gasteiger partial charge in [0.15, 0.2) is 6.10 Å². The molecule has 0 amide bonds. The fourth-order valence-electron chi connectivity index (χ4n) is 6.80. The van der Waals surface area contributed by atoms with Crippen LogP contribution in [0.25, 0.3) is 0 Å². The largest absolute Gasteiger partial charge is 0.544 e. The molecular formula is C53H91NO7. The van der Waals surface area contributed by atoms with E-state index < -0.39 is 18.1 Å². The van der Waals surface area contributed by atoms with E-state index in [4.69, 9.17) is 14.2 Å². The Morgan fingerprint density at radius 2 is 0.918 bits per heavy atom. The van der Waals surface area contributed by atoms with Gasteiger partial charge < -0.3 is 28.6 Å². The molecule has 2 unspecified atom stereocenters. The lowest BCUT2D eigenvalue weighted by molar-refractivity contribution is -0.889. The van der Waals surface area contributed by atoms with Crippen molar-refractivity contribution in [2.75, 3.05) is 41.0 Å². The van der Waals surface area contributed by atoms with Gasteiger partial charge in [0.05, 0.1) is 40.3 Å². The number of aliphatic carboxylic acids is 1. The van der Waals surface area contributed by atoms with Gasteiger partial charge in [0.2, 0.25) is 0 Å². The number of carboxylic acid groups (broad SMARTS) is 1. The highest BCUT2D eigenvalue weighted by Crippen LogP contribution is 2.13. The second kappa shape index (κ2) is 43.4. The van der Waals surface area contributed by atoms with Crippen molar-refractivity contribution in [3.8, 4) is 0 Å². The van der Waals surface area contributed by atoms with Crippen molar-refractivity contribution in [1.82, 2.24) is 0 Å². The van der Waals surface area contributed by atoms with Gasteiger partial charge in [-0.05, 0) is 83.5 Å². The summed E-state index contributed by atoms with van der Waals surface area (Å²) in [6, 6.07) is -0.737. The first-order valence-electron chi connectivity index (χ1n) is 24.5. The van der Waals surface area contributed by atoms with Crippen LogP contribution in [0.5, 0.6) is 0 Å². The Hall–Kier alpha value is -3.23. The second-order valence-electron chi connectivity index (χ2n) is 17.3. The van der Waals surface area contributed by atoms with Gasteiger partial charge in [-0.15, -0.1) is 0 Å². The second-order valence-corrected chi connectivity index (χ2v) is 17.3. The number of ether oxygens (including phenoxy) is 3. The third-order valence-corrected chi connectivity index (χ3v) is 10.6. The highest BCUT2D eigenvalue weighted by atomic mass is 16.6. The highest BCUT2D eigenvalue weighted by molar-refractivity contribution is 5.70. The van der Waals surface area contributed by atoms with Crippen molar-refractivity contribution in [3.05, 3.63) is 72.9 Å². The number of hydrogen-bond acceptors (Lipinski definition) is 7. The fraction of sp³-hybridized carbons (Fsp3) is 0.717. The van der Waals surface area contributed by atoms with E-state index in [2.05, 4.69) is 86.8 Å². The van der Waals surface area contributed by atoms with Gasteiger partial charge in [0.25, 0.3) is 0 Å². The fourth-order valence-corrected chi connectivity index (χ4v) is 6.80. The van der Waals surface area contributed by atoms with E-state index in [0.717, 1.165) is 83.5 Å². The van der Waals surface area contributed by atoms with Crippen LogP contribution in [0.1, 0.15) is 194 Å². The first-order chi connectivity index (χ1) is 29.6. The van der Waals surface area contributed by atoms with E-state index >= 15 is 0 Å². The molecule has 0 aliphatic carbocycles. The van der Waals surface area contributed by atoms with Gasteiger partial charge in [0, 0.05) is 19.3 Å². The molecule has 0 N–H and O–H groups in total. The number of hydrogen-bond donors (Lipinski definition) is 0. The third kappa shape index (κ3) is 41.9. The van der Waals surface area contributed by atoms with Crippen LogP contribution in [0, 0.1) is 0 Å². The maximum absolute atomic E-state index is 12.8. The van der Waals surface area contributed by atoms with Crippen LogP contribution in [0.2, 0.25) is 0 Å². The first-order valence-corrected chi connectivity index (χ1v) is 24.5. The van der Waals surface area contributed by atoms with Gasteiger partial charge in [-0.1, -0.05) is 164 Å². The van der Waals surface area contributed by atoms with Crippen LogP contribution < -0.4 is 5.11 Å². The summed E-state index contributed by atoms with van der Waals surface area (Å²) in [5.41, 5.74) is 0. The van der Waals surface area contributed by atoms with E-state index in [-0.39, 0.29) is 49.1 Å². The summed E-state index contributed by atoms with van der Waals surface area (Å²) in [6.45, 7) is 4.51. The minimum Gasteiger partial charge on any atom is -0.544 e. The van der Waals surface area contributed by atoms with Crippen molar-refractivity contribution in [2.45, 2.75) is 206 Å². The van der Waals surface area contributed by atoms with Gasteiger partial charge in [0.1, 0.15) is 12.6 Å². The normalized spacial score (nSPS) is 13.5. The molecule has 8 heteroatoms. The molecule has 0 spiro atoms. The van der Waals surface area contributed by atoms with Crippen LogP contribution in [0.3, 0.4) is 0 Å². The Labute approximate surface area is 374 Å². The number of rotatable bonds is 43. The predicted octanol–water partition coefficient (Wildman–Crippen LogP) is 12.6. The van der Waals surface area contributed by atoms with Gasteiger partial charge in [-0.2, -0.15) is 0 Å². The molecule has 0 aliphatic heterocycles. The van der Waals surface area contributed by atoms with Crippen molar-refractivity contribution < 1.29 is 38.2 Å². The van der Waals surface area contributed by atoms with Crippen molar-refractivity contribution in [2.24, 2.45) is 0 Å². The Kier molecular flexibility index (Phi) is 41.1. The average Bonchev–Trinajstić information content (AvgIpc) is 3.22. The monoisotopic (exact) mass is 854 g/mol. The smallest absolute Gasteiger partial charge is 0.306 e. The summed E-state index contributed by atoms with van der Waals surface area (Å²) < 4.78 is 17.2. The van der Waals surface area contributed by atoms with Gasteiger partial charge >= 0.3 is 11.9 Å². The Morgan fingerprint density at radius 1 is 0.508 bits per heavy atom. The lowest BCUT2D eigenvalue weighted by Crippen LogP contribution is -2.55. The summed E-state index contributed by atoms with van der Waals surface area (Å²) >= 11 is 0. The van der Waals surface area contributed by atoms with Crippen LogP contribution in [0.15, 0.2) is 72.9 Å². The molecule has 0 heterocycles. The zero-order chi connectivity index (χ0) is 44.9. The summed E-state index contributed by atoms with van der Waals surface area (Å²) in [5.74, 6) is -1.79. The molecule has 0 radical (unpaired) electrons. The number of quaternary nitrogens is 1. The van der Waals surface area contributed by atoms with E-state index in [1.54, 1.807) is 21.1 Å². The number of carboxylic acids is 1. The molecule has 8 nitrogen and oxygen atoms in total. The number of carbonyl (C=O) groups is 3. The number of allylic oxidation sites excluding steroid dienone is 12. The Balaban J connectivity index is 4.37. The van der Waals surface area contributed by atoms with Crippen molar-refractivity contribution in [3.63, 3.8) is 0 Å². The van der Waals surface area contributed by atoms with Crippen LogP contribution in [-0.2, 0) is 28.6 Å². The van der Waals surface area contributed by atoms with Gasteiger partial charge in [-0.25, -0.2) is 0 Å².